The highest BCUT2D eigenvalue weighted by Crippen LogP contribution is 2.31. The van der Waals surface area contributed by atoms with Crippen LogP contribution >= 0.6 is 11.6 Å². The summed E-state index contributed by atoms with van der Waals surface area (Å²) in [5, 5.41) is 0.632. The van der Waals surface area contributed by atoms with Gasteiger partial charge in [0.1, 0.15) is 5.75 Å². The number of methoxy groups -OCH3 is 1. The molecule has 0 bridgehead atoms. The topological polar surface area (TPSA) is 76.0 Å². The zero-order valence-corrected chi connectivity index (χ0v) is 9.38. The number of aromatic nitrogens is 2. The van der Waals surface area contributed by atoms with Crippen LogP contribution in [0.25, 0.3) is 11.3 Å². The molecule has 2 aromatic rings. The summed E-state index contributed by atoms with van der Waals surface area (Å²) in [4.78, 5) is 7.02. The summed E-state index contributed by atoms with van der Waals surface area (Å²) >= 11 is 5.93. The zero-order valence-electron chi connectivity index (χ0n) is 8.62. The molecule has 0 aliphatic heterocycles. The predicted octanol–water partition coefficient (Wildman–Crippen LogP) is 2.02. The Morgan fingerprint density at radius 2 is 2.31 bits per heavy atom. The van der Waals surface area contributed by atoms with Crippen molar-refractivity contribution in [2.24, 2.45) is 5.84 Å². The van der Waals surface area contributed by atoms with E-state index in [1.54, 1.807) is 31.5 Å². The normalized spacial score (nSPS) is 10.2. The second kappa shape index (κ2) is 4.42. The van der Waals surface area contributed by atoms with E-state index in [0.29, 0.717) is 11.0 Å². The van der Waals surface area contributed by atoms with Gasteiger partial charge in [0.25, 0.3) is 0 Å². The van der Waals surface area contributed by atoms with E-state index in [1.807, 2.05) is 0 Å². The molecule has 6 heteroatoms. The van der Waals surface area contributed by atoms with Crippen LogP contribution in [0.4, 0.5) is 5.95 Å². The van der Waals surface area contributed by atoms with E-state index in [2.05, 4.69) is 15.4 Å². The van der Waals surface area contributed by atoms with Crippen LogP contribution in [0.15, 0.2) is 24.4 Å². The number of benzene rings is 1. The second-order valence-corrected chi connectivity index (χ2v) is 3.57. The summed E-state index contributed by atoms with van der Waals surface area (Å²) in [6.07, 6.45) is 1.66. The lowest BCUT2D eigenvalue weighted by Crippen LogP contribution is -2.07. The van der Waals surface area contributed by atoms with Gasteiger partial charge in [-0.2, -0.15) is 0 Å². The van der Waals surface area contributed by atoms with Gasteiger partial charge in [-0.15, -0.1) is 0 Å². The number of nitrogen functional groups attached to an aromatic ring is 1. The van der Waals surface area contributed by atoms with Crippen molar-refractivity contribution in [3.8, 4) is 17.0 Å². The number of rotatable bonds is 3. The Hall–Kier alpha value is -1.72. The molecule has 84 valence electrons. The lowest BCUT2D eigenvalue weighted by atomic mass is 10.1. The van der Waals surface area contributed by atoms with E-state index in [-0.39, 0.29) is 0 Å². The molecule has 0 atom stereocenters. The smallest absolute Gasteiger partial charge is 0.215 e. The fraction of sp³-hybridized carbons (Fsp3) is 0.100. The number of nitrogens with zero attached hydrogens (tertiary/aromatic N) is 1. The second-order valence-electron chi connectivity index (χ2n) is 3.13. The van der Waals surface area contributed by atoms with Gasteiger partial charge in [-0.1, -0.05) is 11.6 Å². The summed E-state index contributed by atoms with van der Waals surface area (Å²) in [6, 6.07) is 5.37. The van der Waals surface area contributed by atoms with E-state index in [9.17, 15) is 0 Å². The third-order valence-electron chi connectivity index (χ3n) is 2.16. The van der Waals surface area contributed by atoms with Crippen LogP contribution in [0.5, 0.6) is 5.75 Å². The molecule has 1 aromatic carbocycles. The third kappa shape index (κ3) is 1.95. The Bertz CT molecular complexity index is 497. The molecule has 0 spiro atoms. The number of nitrogens with two attached hydrogens (primary N) is 1. The number of halogens is 1. The first kappa shape index (κ1) is 10.8. The fourth-order valence-electron chi connectivity index (χ4n) is 1.42. The Morgan fingerprint density at radius 3 is 2.94 bits per heavy atom. The average molecular weight is 239 g/mol. The van der Waals surface area contributed by atoms with Crippen LogP contribution < -0.4 is 16.0 Å². The molecule has 0 saturated carbocycles. The number of nitrogens with one attached hydrogen (secondary N) is 2. The minimum atomic E-state index is 0.483. The van der Waals surface area contributed by atoms with E-state index in [4.69, 9.17) is 22.2 Å². The van der Waals surface area contributed by atoms with Gasteiger partial charge in [-0.05, 0) is 18.2 Å². The quantitative estimate of drug-likeness (QED) is 0.565. The Kier molecular flexibility index (Phi) is 2.98. The summed E-state index contributed by atoms with van der Waals surface area (Å²) in [5.74, 6) is 6.44. The van der Waals surface area contributed by atoms with Gasteiger partial charge in [-0.25, -0.2) is 10.8 Å². The van der Waals surface area contributed by atoms with Crippen molar-refractivity contribution in [1.82, 2.24) is 9.97 Å². The van der Waals surface area contributed by atoms with Crippen molar-refractivity contribution in [2.45, 2.75) is 0 Å². The molecule has 4 N–H and O–H groups in total. The summed E-state index contributed by atoms with van der Waals surface area (Å²) in [6.45, 7) is 0. The van der Waals surface area contributed by atoms with E-state index in [1.165, 1.54) is 0 Å². The average Bonchev–Trinajstić information content (AvgIpc) is 2.77. The first-order chi connectivity index (χ1) is 7.74. The summed E-state index contributed by atoms with van der Waals surface area (Å²) in [5.41, 5.74) is 4.05. The van der Waals surface area contributed by atoms with Crippen LogP contribution in [0, 0.1) is 0 Å². The highest BCUT2D eigenvalue weighted by atomic mass is 35.5. The van der Waals surface area contributed by atoms with Gasteiger partial charge >= 0.3 is 0 Å². The Balaban J connectivity index is 2.49. The van der Waals surface area contributed by atoms with Crippen LogP contribution in [0.3, 0.4) is 0 Å². The number of aromatic amines is 1. The minimum absolute atomic E-state index is 0.483. The number of hydrogen-bond donors (Lipinski definition) is 3. The highest BCUT2D eigenvalue weighted by Gasteiger charge is 2.09. The van der Waals surface area contributed by atoms with E-state index in [0.717, 1.165) is 17.0 Å². The number of imidazole rings is 1. The molecular formula is C10H11ClN4O. The molecule has 0 aliphatic rings. The maximum atomic E-state index is 5.93. The first-order valence-electron chi connectivity index (χ1n) is 4.60. The number of H-pyrrole nitrogens is 1. The van der Waals surface area contributed by atoms with Crippen molar-refractivity contribution in [3.05, 3.63) is 29.4 Å². The highest BCUT2D eigenvalue weighted by molar-refractivity contribution is 6.30. The van der Waals surface area contributed by atoms with Crippen molar-refractivity contribution in [3.63, 3.8) is 0 Å². The van der Waals surface area contributed by atoms with Crippen molar-refractivity contribution < 1.29 is 4.74 Å². The van der Waals surface area contributed by atoms with Gasteiger partial charge in [0.05, 0.1) is 19.0 Å². The maximum Gasteiger partial charge on any atom is 0.215 e. The SMILES string of the molecule is COc1ccc(Cl)cc1-c1cnc(NN)[nH]1. The lowest BCUT2D eigenvalue weighted by Gasteiger charge is -2.06. The van der Waals surface area contributed by atoms with Crippen molar-refractivity contribution in [1.29, 1.82) is 0 Å². The fourth-order valence-corrected chi connectivity index (χ4v) is 1.59. The Morgan fingerprint density at radius 1 is 1.50 bits per heavy atom. The van der Waals surface area contributed by atoms with Gasteiger partial charge in [-0.3, -0.25) is 5.43 Å². The monoisotopic (exact) mass is 238 g/mol. The molecule has 0 aliphatic carbocycles. The molecular weight excluding hydrogens is 228 g/mol. The summed E-state index contributed by atoms with van der Waals surface area (Å²) < 4.78 is 5.24. The third-order valence-corrected chi connectivity index (χ3v) is 2.40. The zero-order chi connectivity index (χ0) is 11.5. The standard InChI is InChI=1S/C10H11ClN4O/c1-16-9-3-2-6(11)4-7(9)8-5-13-10(14-8)15-12/h2-5H,12H2,1H3,(H2,13,14,15). The molecule has 0 unspecified atom stereocenters. The first-order valence-corrected chi connectivity index (χ1v) is 4.98. The van der Waals surface area contributed by atoms with Gasteiger partial charge in [0, 0.05) is 10.6 Å². The van der Waals surface area contributed by atoms with Crippen molar-refractivity contribution in [2.75, 3.05) is 12.5 Å². The largest absolute Gasteiger partial charge is 0.496 e. The molecule has 0 radical (unpaired) electrons. The summed E-state index contributed by atoms with van der Waals surface area (Å²) in [7, 11) is 1.60. The number of hydrogen-bond acceptors (Lipinski definition) is 4. The number of anilines is 1. The lowest BCUT2D eigenvalue weighted by molar-refractivity contribution is 0.416. The molecule has 0 saturated heterocycles. The van der Waals surface area contributed by atoms with Crippen LogP contribution in [-0.4, -0.2) is 17.1 Å². The van der Waals surface area contributed by atoms with Crippen LogP contribution in [0.2, 0.25) is 5.02 Å². The Labute approximate surface area is 97.6 Å². The molecule has 16 heavy (non-hydrogen) atoms. The molecule has 1 aromatic heterocycles. The molecule has 0 fully saturated rings. The van der Waals surface area contributed by atoms with Gasteiger partial charge < -0.3 is 9.72 Å². The van der Waals surface area contributed by atoms with E-state index >= 15 is 0 Å². The molecule has 1 heterocycles. The maximum absolute atomic E-state index is 5.93. The predicted molar refractivity (Wildman–Crippen MR) is 63.4 cm³/mol. The molecule has 5 nitrogen and oxygen atoms in total. The number of hydrazine groups is 1. The number of ether oxygens (including phenoxy) is 1. The van der Waals surface area contributed by atoms with Crippen LogP contribution in [0.1, 0.15) is 0 Å². The minimum Gasteiger partial charge on any atom is -0.496 e. The molecule has 2 rings (SSSR count). The van der Waals surface area contributed by atoms with E-state index < -0.39 is 0 Å². The van der Waals surface area contributed by atoms with Gasteiger partial charge in [0.2, 0.25) is 5.95 Å². The van der Waals surface area contributed by atoms with Gasteiger partial charge in [0.15, 0.2) is 0 Å². The van der Waals surface area contributed by atoms with Crippen molar-refractivity contribution >= 4 is 17.5 Å². The molecule has 0 amide bonds. The van der Waals surface area contributed by atoms with Crippen LogP contribution in [-0.2, 0) is 0 Å².